The van der Waals surface area contributed by atoms with Crippen molar-refractivity contribution in [3.05, 3.63) is 51.4 Å². The lowest BCUT2D eigenvalue weighted by molar-refractivity contribution is 0.183. The Morgan fingerprint density at radius 2 is 2.04 bits per heavy atom. The van der Waals surface area contributed by atoms with Gasteiger partial charge < -0.3 is 4.74 Å². The number of ether oxygens (including phenoxy) is 1. The second-order valence-corrected chi connectivity index (χ2v) is 8.26. The van der Waals surface area contributed by atoms with Crippen molar-refractivity contribution in [2.45, 2.75) is 30.6 Å². The third-order valence-corrected chi connectivity index (χ3v) is 6.58. The van der Waals surface area contributed by atoms with E-state index < -0.39 is 0 Å². The maximum Gasteiger partial charge on any atom is 0.262 e. The highest BCUT2D eigenvalue weighted by molar-refractivity contribution is 7.99. The van der Waals surface area contributed by atoms with Crippen molar-refractivity contribution < 1.29 is 4.74 Å². The number of aromatic nitrogens is 4. The standard InChI is InChI=1S/C19H18N4O2S2/c1-11-12(2)26-16-15(11)17(21-10-20-16)27-19-22-14-7-5-4-6-13(14)18(24)23(19)8-9-25-3/h4-7,10H,8-9H2,1-3H3. The van der Waals surface area contributed by atoms with Gasteiger partial charge >= 0.3 is 0 Å². The van der Waals surface area contributed by atoms with Gasteiger partial charge in [-0.25, -0.2) is 15.0 Å². The minimum Gasteiger partial charge on any atom is -0.383 e. The summed E-state index contributed by atoms with van der Waals surface area (Å²) in [6.45, 7) is 5.03. The molecule has 4 rings (SSSR count). The molecular weight excluding hydrogens is 380 g/mol. The van der Waals surface area contributed by atoms with Crippen LogP contribution in [0.5, 0.6) is 0 Å². The van der Waals surface area contributed by atoms with Crippen molar-refractivity contribution in [2.24, 2.45) is 0 Å². The average Bonchev–Trinajstić information content (AvgIpc) is 2.96. The van der Waals surface area contributed by atoms with Crippen molar-refractivity contribution in [1.82, 2.24) is 19.5 Å². The van der Waals surface area contributed by atoms with Gasteiger partial charge in [0.25, 0.3) is 5.56 Å². The highest BCUT2D eigenvalue weighted by Crippen LogP contribution is 2.36. The van der Waals surface area contributed by atoms with E-state index >= 15 is 0 Å². The van der Waals surface area contributed by atoms with E-state index in [1.54, 1.807) is 35.4 Å². The van der Waals surface area contributed by atoms with Crippen molar-refractivity contribution in [3.63, 3.8) is 0 Å². The van der Waals surface area contributed by atoms with Crippen LogP contribution in [-0.2, 0) is 11.3 Å². The fourth-order valence-corrected chi connectivity index (χ4v) is 5.03. The summed E-state index contributed by atoms with van der Waals surface area (Å²) in [6.07, 6.45) is 1.57. The quantitative estimate of drug-likeness (QED) is 0.376. The van der Waals surface area contributed by atoms with Gasteiger partial charge in [-0.3, -0.25) is 9.36 Å². The lowest BCUT2D eigenvalue weighted by Crippen LogP contribution is -2.25. The lowest BCUT2D eigenvalue weighted by atomic mass is 10.2. The predicted molar refractivity (Wildman–Crippen MR) is 109 cm³/mol. The molecule has 0 atom stereocenters. The van der Waals surface area contributed by atoms with E-state index in [9.17, 15) is 4.79 Å². The number of fused-ring (bicyclic) bond motifs is 2. The first-order chi connectivity index (χ1) is 13.1. The van der Waals surface area contributed by atoms with Crippen molar-refractivity contribution >= 4 is 44.2 Å². The summed E-state index contributed by atoms with van der Waals surface area (Å²) in [6, 6.07) is 7.40. The Balaban J connectivity index is 1.90. The van der Waals surface area contributed by atoms with Crippen LogP contribution in [0.2, 0.25) is 0 Å². The molecule has 27 heavy (non-hydrogen) atoms. The van der Waals surface area contributed by atoms with Crippen LogP contribution in [0, 0.1) is 13.8 Å². The van der Waals surface area contributed by atoms with Crippen LogP contribution < -0.4 is 5.56 Å². The number of rotatable bonds is 5. The number of benzene rings is 1. The van der Waals surface area contributed by atoms with Gasteiger partial charge in [-0.1, -0.05) is 12.1 Å². The Morgan fingerprint density at radius 3 is 2.85 bits per heavy atom. The molecule has 8 heteroatoms. The van der Waals surface area contributed by atoms with Crippen LogP contribution in [0.25, 0.3) is 21.1 Å². The number of hydrogen-bond acceptors (Lipinski definition) is 7. The molecule has 0 aliphatic rings. The first-order valence-corrected chi connectivity index (χ1v) is 10.1. The van der Waals surface area contributed by atoms with Gasteiger partial charge in [-0.15, -0.1) is 11.3 Å². The van der Waals surface area contributed by atoms with E-state index in [2.05, 4.69) is 23.8 Å². The zero-order valence-electron chi connectivity index (χ0n) is 15.2. The molecule has 0 aliphatic carbocycles. The van der Waals surface area contributed by atoms with Gasteiger partial charge in [0.1, 0.15) is 16.2 Å². The fraction of sp³-hybridized carbons (Fsp3) is 0.263. The molecule has 3 aromatic heterocycles. The van der Waals surface area contributed by atoms with Gasteiger partial charge in [-0.05, 0) is 43.3 Å². The fourth-order valence-electron chi connectivity index (χ4n) is 2.92. The number of aryl methyl sites for hydroxylation is 2. The van der Waals surface area contributed by atoms with Gasteiger partial charge in [-0.2, -0.15) is 0 Å². The van der Waals surface area contributed by atoms with E-state index in [0.29, 0.717) is 29.2 Å². The molecule has 4 aromatic rings. The molecular formula is C19H18N4O2S2. The number of hydrogen-bond donors (Lipinski definition) is 0. The number of thiophene rings is 1. The Labute approximate surface area is 164 Å². The highest BCUT2D eigenvalue weighted by atomic mass is 32.2. The summed E-state index contributed by atoms with van der Waals surface area (Å²) in [4.78, 5) is 28.8. The topological polar surface area (TPSA) is 69.9 Å². The maximum absolute atomic E-state index is 13.0. The molecule has 0 bridgehead atoms. The first kappa shape index (κ1) is 18.1. The molecule has 0 spiro atoms. The van der Waals surface area contributed by atoms with Gasteiger partial charge in [0.15, 0.2) is 5.16 Å². The molecule has 0 radical (unpaired) electrons. The molecule has 0 N–H and O–H groups in total. The third-order valence-electron chi connectivity index (χ3n) is 4.46. The van der Waals surface area contributed by atoms with Gasteiger partial charge in [0.2, 0.25) is 0 Å². The Morgan fingerprint density at radius 1 is 1.22 bits per heavy atom. The van der Waals surface area contributed by atoms with E-state index in [-0.39, 0.29) is 5.56 Å². The molecule has 0 amide bonds. The second kappa shape index (κ2) is 7.38. The van der Waals surface area contributed by atoms with Crippen LogP contribution in [0.4, 0.5) is 0 Å². The van der Waals surface area contributed by atoms with Gasteiger partial charge in [0.05, 0.1) is 24.1 Å². The second-order valence-electron chi connectivity index (χ2n) is 6.11. The van der Waals surface area contributed by atoms with Crippen LogP contribution in [0.3, 0.4) is 0 Å². The van der Waals surface area contributed by atoms with Crippen molar-refractivity contribution in [2.75, 3.05) is 13.7 Å². The average molecular weight is 399 g/mol. The molecule has 6 nitrogen and oxygen atoms in total. The number of nitrogens with zero attached hydrogens (tertiary/aromatic N) is 4. The van der Waals surface area contributed by atoms with Crippen LogP contribution in [-0.4, -0.2) is 33.2 Å². The Kier molecular flexibility index (Phi) is 4.94. The number of methoxy groups -OCH3 is 1. The lowest BCUT2D eigenvalue weighted by Gasteiger charge is -2.12. The maximum atomic E-state index is 13.0. The molecule has 1 aromatic carbocycles. The zero-order chi connectivity index (χ0) is 19.0. The minimum atomic E-state index is -0.0660. The Bertz CT molecular complexity index is 1200. The molecule has 0 saturated heterocycles. The van der Waals surface area contributed by atoms with Crippen molar-refractivity contribution in [1.29, 1.82) is 0 Å². The summed E-state index contributed by atoms with van der Waals surface area (Å²) in [5.41, 5.74) is 1.79. The molecule has 138 valence electrons. The SMILES string of the molecule is COCCn1c(Sc2ncnc3sc(C)c(C)c23)nc2ccccc2c1=O. The zero-order valence-corrected chi connectivity index (χ0v) is 16.9. The summed E-state index contributed by atoms with van der Waals surface area (Å²) in [5.74, 6) is 0. The van der Waals surface area contributed by atoms with Gasteiger partial charge in [0, 0.05) is 17.4 Å². The predicted octanol–water partition coefficient (Wildman–Crippen LogP) is 3.82. The molecule has 0 fully saturated rings. The normalized spacial score (nSPS) is 11.5. The smallest absolute Gasteiger partial charge is 0.262 e. The summed E-state index contributed by atoms with van der Waals surface area (Å²) < 4.78 is 6.86. The van der Waals surface area contributed by atoms with Crippen LogP contribution in [0.15, 0.2) is 45.6 Å². The van der Waals surface area contributed by atoms with E-state index in [0.717, 1.165) is 15.2 Å². The summed E-state index contributed by atoms with van der Waals surface area (Å²) in [5, 5.41) is 3.06. The molecule has 0 saturated carbocycles. The molecule has 0 aliphatic heterocycles. The number of para-hydroxylation sites is 1. The highest BCUT2D eigenvalue weighted by Gasteiger charge is 2.17. The van der Waals surface area contributed by atoms with Crippen molar-refractivity contribution in [3.8, 4) is 0 Å². The molecule has 3 heterocycles. The monoisotopic (exact) mass is 398 g/mol. The van der Waals surface area contributed by atoms with Crippen LogP contribution in [0.1, 0.15) is 10.4 Å². The van der Waals surface area contributed by atoms with E-state index in [1.807, 2.05) is 18.2 Å². The first-order valence-electron chi connectivity index (χ1n) is 8.47. The minimum absolute atomic E-state index is 0.0660. The van der Waals surface area contributed by atoms with E-state index in [4.69, 9.17) is 9.72 Å². The molecule has 0 unspecified atom stereocenters. The summed E-state index contributed by atoms with van der Waals surface area (Å²) >= 11 is 3.06. The Hall–Kier alpha value is -2.29. The largest absolute Gasteiger partial charge is 0.383 e. The van der Waals surface area contributed by atoms with E-state index in [1.165, 1.54) is 22.2 Å². The third kappa shape index (κ3) is 3.24. The summed E-state index contributed by atoms with van der Waals surface area (Å²) in [7, 11) is 1.62. The van der Waals surface area contributed by atoms with Crippen LogP contribution >= 0.6 is 23.1 Å².